The second-order valence-electron chi connectivity index (χ2n) is 9.72. The molecule has 3 aromatic rings. The quantitative estimate of drug-likeness (QED) is 0.523. The lowest BCUT2D eigenvalue weighted by molar-refractivity contribution is 0.118. The van der Waals surface area contributed by atoms with Gasteiger partial charge in [-0.3, -0.25) is 14.5 Å². The Morgan fingerprint density at radius 2 is 1.33 bits per heavy atom. The van der Waals surface area contributed by atoms with Gasteiger partial charge in [0.05, 0.1) is 12.2 Å². The summed E-state index contributed by atoms with van der Waals surface area (Å²) in [6.45, 7) is 13.6. The number of nitrogens with zero attached hydrogens (tertiary/aromatic N) is 5. The molecule has 5 rings (SSSR count). The smallest absolute Gasteiger partial charge is 0.0968 e. The highest BCUT2D eigenvalue weighted by Gasteiger charge is 2.21. The normalized spacial score (nSPS) is 18.2. The van der Waals surface area contributed by atoms with Gasteiger partial charge in [-0.15, -0.1) is 0 Å². The van der Waals surface area contributed by atoms with Crippen LogP contribution in [0.1, 0.15) is 29.5 Å². The summed E-state index contributed by atoms with van der Waals surface area (Å²) < 4.78 is 2.12. The Morgan fingerprint density at radius 3 is 2.03 bits per heavy atom. The molecule has 1 aromatic heterocycles. The summed E-state index contributed by atoms with van der Waals surface area (Å²) in [7, 11) is 0. The van der Waals surface area contributed by atoms with Crippen molar-refractivity contribution in [2.24, 2.45) is 0 Å². The number of hydrogen-bond acceptors (Lipinski definition) is 4. The molecule has 3 heterocycles. The molecule has 0 radical (unpaired) electrons. The molecule has 5 nitrogen and oxygen atoms in total. The van der Waals surface area contributed by atoms with Crippen molar-refractivity contribution in [3.05, 3.63) is 77.5 Å². The van der Waals surface area contributed by atoms with Crippen LogP contribution in [-0.4, -0.2) is 76.8 Å². The molecular weight excluding hydrogens is 406 g/mol. The van der Waals surface area contributed by atoms with E-state index in [1.165, 1.54) is 74.4 Å². The van der Waals surface area contributed by atoms with Gasteiger partial charge in [-0.2, -0.15) is 5.10 Å². The summed E-state index contributed by atoms with van der Waals surface area (Å²) in [6.07, 6.45) is 5.03. The highest BCUT2D eigenvalue weighted by Crippen LogP contribution is 2.25. The predicted octanol–water partition coefficient (Wildman–Crippen LogP) is 4.12. The number of likely N-dealkylation sites (tertiary alicyclic amines) is 1. The summed E-state index contributed by atoms with van der Waals surface area (Å²) in [5.74, 6) is 0. The molecule has 5 heteroatoms. The average Bonchev–Trinajstić information content (AvgIpc) is 3.50. The highest BCUT2D eigenvalue weighted by atomic mass is 15.3. The van der Waals surface area contributed by atoms with E-state index in [2.05, 4.69) is 87.1 Å². The molecule has 2 fully saturated rings. The Morgan fingerprint density at radius 1 is 0.697 bits per heavy atom. The number of aromatic nitrogens is 2. The van der Waals surface area contributed by atoms with Crippen molar-refractivity contribution in [3.63, 3.8) is 0 Å². The SMILES string of the molecule is Cc1ccc(-c2nn(Cc3ccccc3)cc2CN2CCN(CCN3CCCC3)CC2)cc1. The van der Waals surface area contributed by atoms with Gasteiger partial charge in [0, 0.05) is 63.1 Å². The Balaban J connectivity index is 1.25. The van der Waals surface area contributed by atoms with Crippen molar-refractivity contribution < 1.29 is 0 Å². The summed E-state index contributed by atoms with van der Waals surface area (Å²) in [5, 5.41) is 5.03. The van der Waals surface area contributed by atoms with Gasteiger partial charge in [0.2, 0.25) is 0 Å². The van der Waals surface area contributed by atoms with Crippen LogP contribution >= 0.6 is 0 Å². The zero-order chi connectivity index (χ0) is 22.5. The van der Waals surface area contributed by atoms with Crippen LogP contribution in [0, 0.1) is 6.92 Å². The first kappa shape index (κ1) is 22.3. The summed E-state index contributed by atoms with van der Waals surface area (Å²) in [4.78, 5) is 7.88. The maximum atomic E-state index is 5.03. The summed E-state index contributed by atoms with van der Waals surface area (Å²) in [5.41, 5.74) is 6.25. The second-order valence-corrected chi connectivity index (χ2v) is 9.72. The Labute approximate surface area is 198 Å². The molecule has 2 aromatic carbocycles. The van der Waals surface area contributed by atoms with Crippen molar-refractivity contribution >= 4 is 0 Å². The van der Waals surface area contributed by atoms with Crippen LogP contribution in [0.4, 0.5) is 0 Å². The maximum Gasteiger partial charge on any atom is 0.0968 e. The van der Waals surface area contributed by atoms with Crippen molar-refractivity contribution in [1.82, 2.24) is 24.5 Å². The minimum Gasteiger partial charge on any atom is -0.302 e. The van der Waals surface area contributed by atoms with E-state index in [0.29, 0.717) is 0 Å². The van der Waals surface area contributed by atoms with E-state index in [4.69, 9.17) is 5.10 Å². The summed E-state index contributed by atoms with van der Waals surface area (Å²) >= 11 is 0. The van der Waals surface area contributed by atoms with Crippen molar-refractivity contribution in [2.75, 3.05) is 52.4 Å². The number of rotatable bonds is 8. The standard InChI is InChI=1S/C28H37N5/c1-24-9-11-26(12-10-24)28-27(23-33(29-28)21-25-7-3-2-4-8-25)22-32-19-17-31(18-20-32)16-15-30-13-5-6-14-30/h2-4,7-12,23H,5-6,13-22H2,1H3. The molecule has 0 saturated carbocycles. The fraction of sp³-hybridized carbons (Fsp3) is 0.464. The van der Waals surface area contributed by atoms with Crippen molar-refractivity contribution in [1.29, 1.82) is 0 Å². The molecule has 174 valence electrons. The third kappa shape index (κ3) is 5.91. The minimum atomic E-state index is 0.810. The number of hydrogen-bond donors (Lipinski definition) is 0. The fourth-order valence-corrected chi connectivity index (χ4v) is 5.09. The molecule has 0 spiro atoms. The lowest BCUT2D eigenvalue weighted by Crippen LogP contribution is -2.47. The Kier molecular flexibility index (Phi) is 7.20. The van der Waals surface area contributed by atoms with Crippen molar-refractivity contribution in [2.45, 2.75) is 32.9 Å². The van der Waals surface area contributed by atoms with E-state index in [0.717, 1.165) is 31.9 Å². The average molecular weight is 444 g/mol. The van der Waals surface area contributed by atoms with Gasteiger partial charge in [-0.05, 0) is 38.4 Å². The largest absolute Gasteiger partial charge is 0.302 e. The first-order chi connectivity index (χ1) is 16.2. The first-order valence-electron chi connectivity index (χ1n) is 12.6. The molecule has 0 aliphatic carbocycles. The topological polar surface area (TPSA) is 27.5 Å². The Hall–Kier alpha value is -2.47. The molecule has 0 amide bonds. The van der Waals surface area contributed by atoms with Crippen molar-refractivity contribution in [3.8, 4) is 11.3 Å². The van der Waals surface area contributed by atoms with Crippen LogP contribution in [0.5, 0.6) is 0 Å². The number of benzene rings is 2. The van der Waals surface area contributed by atoms with Gasteiger partial charge in [0.1, 0.15) is 0 Å². The van der Waals surface area contributed by atoms with Gasteiger partial charge < -0.3 is 4.90 Å². The van der Waals surface area contributed by atoms with Gasteiger partial charge in [0.25, 0.3) is 0 Å². The summed E-state index contributed by atoms with van der Waals surface area (Å²) in [6, 6.07) is 19.4. The molecule has 2 aliphatic rings. The van der Waals surface area contributed by atoms with Crippen LogP contribution in [0.15, 0.2) is 60.8 Å². The third-order valence-electron chi connectivity index (χ3n) is 7.14. The van der Waals surface area contributed by atoms with Gasteiger partial charge in [0.15, 0.2) is 0 Å². The second kappa shape index (κ2) is 10.6. The molecule has 0 N–H and O–H groups in total. The predicted molar refractivity (Wildman–Crippen MR) is 135 cm³/mol. The number of aryl methyl sites for hydroxylation is 1. The lowest BCUT2D eigenvalue weighted by atomic mass is 10.1. The van der Waals surface area contributed by atoms with Gasteiger partial charge in [-0.1, -0.05) is 60.2 Å². The highest BCUT2D eigenvalue weighted by molar-refractivity contribution is 5.63. The molecule has 0 bridgehead atoms. The molecule has 2 aliphatic heterocycles. The fourth-order valence-electron chi connectivity index (χ4n) is 5.09. The van der Waals surface area contributed by atoms with Crippen LogP contribution < -0.4 is 0 Å². The zero-order valence-corrected chi connectivity index (χ0v) is 20.0. The lowest BCUT2D eigenvalue weighted by Gasteiger charge is -2.35. The van der Waals surface area contributed by atoms with Gasteiger partial charge in [-0.25, -0.2) is 0 Å². The monoisotopic (exact) mass is 443 g/mol. The molecule has 2 saturated heterocycles. The van der Waals surface area contributed by atoms with Gasteiger partial charge >= 0.3 is 0 Å². The molecule has 0 atom stereocenters. The first-order valence-corrected chi connectivity index (χ1v) is 12.6. The van der Waals surface area contributed by atoms with Crippen LogP contribution in [0.2, 0.25) is 0 Å². The third-order valence-corrected chi connectivity index (χ3v) is 7.14. The maximum absolute atomic E-state index is 5.03. The number of piperazine rings is 1. The van der Waals surface area contributed by atoms with E-state index in [-0.39, 0.29) is 0 Å². The Bertz CT molecular complexity index is 997. The molecular formula is C28H37N5. The van der Waals surface area contributed by atoms with E-state index in [1.807, 2.05) is 0 Å². The van der Waals surface area contributed by atoms with Crippen LogP contribution in [0.3, 0.4) is 0 Å². The molecule has 33 heavy (non-hydrogen) atoms. The molecule has 0 unspecified atom stereocenters. The van der Waals surface area contributed by atoms with Crippen LogP contribution in [0.25, 0.3) is 11.3 Å². The van der Waals surface area contributed by atoms with E-state index < -0.39 is 0 Å². The van der Waals surface area contributed by atoms with E-state index >= 15 is 0 Å². The zero-order valence-electron chi connectivity index (χ0n) is 20.0. The van der Waals surface area contributed by atoms with Crippen LogP contribution in [-0.2, 0) is 13.1 Å². The minimum absolute atomic E-state index is 0.810. The van der Waals surface area contributed by atoms with E-state index in [1.54, 1.807) is 0 Å². The van der Waals surface area contributed by atoms with E-state index in [9.17, 15) is 0 Å².